The van der Waals surface area contributed by atoms with Crippen LogP contribution in [0.3, 0.4) is 0 Å². The maximum absolute atomic E-state index is 12.4. The fraction of sp³-hybridized carbons (Fsp3) is 0.263. The first-order chi connectivity index (χ1) is 12.3. The minimum Gasteiger partial charge on any atom is -0.423 e. The van der Waals surface area contributed by atoms with Crippen molar-refractivity contribution in [2.75, 3.05) is 11.6 Å². The molecule has 0 unspecified atom stereocenters. The van der Waals surface area contributed by atoms with Crippen molar-refractivity contribution in [1.29, 1.82) is 0 Å². The summed E-state index contributed by atoms with van der Waals surface area (Å²) in [6.45, 7) is 6.10. The number of hydrogen-bond donors (Lipinski definition) is 0. The minimum absolute atomic E-state index is 0.00751. The monoisotopic (exact) mass is 353 g/mol. The summed E-state index contributed by atoms with van der Waals surface area (Å²) in [5, 5.41) is 17.3. The number of carbonyl (C=O) groups excluding carboxylic acids is 1. The second-order valence-corrected chi connectivity index (χ2v) is 6.31. The molecule has 134 valence electrons. The van der Waals surface area contributed by atoms with Gasteiger partial charge in [-0.15, -0.1) is 0 Å². The van der Waals surface area contributed by atoms with Crippen molar-refractivity contribution in [3.8, 4) is 5.75 Å². The zero-order valence-corrected chi connectivity index (χ0v) is 14.9. The largest absolute Gasteiger partial charge is 0.423 e. The number of benzene rings is 2. The number of nitrogens with zero attached hydrogens (tertiary/aromatic N) is 3. The quantitative estimate of drug-likeness (QED) is 0.359. The number of nitro benzene ring substituents is 1. The maximum Gasteiger partial charge on any atom is 0.343 e. The average molecular weight is 353 g/mol. The van der Waals surface area contributed by atoms with Crippen LogP contribution in [0.5, 0.6) is 5.75 Å². The molecule has 0 amide bonds. The Balaban J connectivity index is 1.76. The van der Waals surface area contributed by atoms with E-state index in [1.807, 2.05) is 24.1 Å². The summed E-state index contributed by atoms with van der Waals surface area (Å²) in [6.07, 6.45) is 0.933. The van der Waals surface area contributed by atoms with E-state index in [-0.39, 0.29) is 5.69 Å². The maximum atomic E-state index is 12.4. The highest BCUT2D eigenvalue weighted by molar-refractivity contribution is 5.92. The second kappa shape index (κ2) is 6.95. The van der Waals surface area contributed by atoms with Gasteiger partial charge in [0.05, 0.1) is 16.2 Å². The van der Waals surface area contributed by atoms with Gasteiger partial charge in [-0.2, -0.15) is 5.10 Å². The van der Waals surface area contributed by atoms with Crippen LogP contribution in [0, 0.1) is 24.0 Å². The number of esters is 1. The van der Waals surface area contributed by atoms with Crippen LogP contribution < -0.4 is 9.75 Å². The van der Waals surface area contributed by atoms with Crippen LogP contribution in [-0.4, -0.2) is 23.1 Å². The van der Waals surface area contributed by atoms with E-state index in [1.54, 1.807) is 26.0 Å². The van der Waals surface area contributed by atoms with Crippen molar-refractivity contribution in [2.24, 2.45) is 5.10 Å². The Morgan fingerprint density at radius 1 is 1.15 bits per heavy atom. The van der Waals surface area contributed by atoms with Crippen LogP contribution >= 0.6 is 0 Å². The third-order valence-corrected chi connectivity index (χ3v) is 4.27. The summed E-state index contributed by atoms with van der Waals surface area (Å²) in [6, 6.07) is 9.96. The van der Waals surface area contributed by atoms with Gasteiger partial charge in [0.15, 0.2) is 0 Å². The van der Waals surface area contributed by atoms with Crippen molar-refractivity contribution in [1.82, 2.24) is 0 Å². The van der Waals surface area contributed by atoms with Crippen molar-refractivity contribution in [3.05, 3.63) is 63.2 Å². The molecule has 26 heavy (non-hydrogen) atoms. The lowest BCUT2D eigenvalue weighted by Gasteiger charge is -2.14. The Morgan fingerprint density at radius 3 is 2.42 bits per heavy atom. The smallest absolute Gasteiger partial charge is 0.343 e. The van der Waals surface area contributed by atoms with Gasteiger partial charge in [0, 0.05) is 30.3 Å². The highest BCUT2D eigenvalue weighted by Crippen LogP contribution is 2.28. The van der Waals surface area contributed by atoms with E-state index in [0.717, 1.165) is 24.4 Å². The zero-order valence-electron chi connectivity index (χ0n) is 14.9. The van der Waals surface area contributed by atoms with E-state index in [9.17, 15) is 14.9 Å². The molecule has 0 fully saturated rings. The standard InChI is InChI=1S/C19H19N3O4/c1-12-11-18(13(2)10-17(12)22(24)25)26-19(23)15-4-6-16(7-5-15)21-9-8-14(3)20-21/h4-7,10-11H,8-9H2,1-3H3. The van der Waals surface area contributed by atoms with Crippen LogP contribution in [-0.2, 0) is 0 Å². The molecule has 0 aliphatic carbocycles. The summed E-state index contributed by atoms with van der Waals surface area (Å²) in [7, 11) is 0. The Bertz CT molecular complexity index is 904. The topological polar surface area (TPSA) is 85.0 Å². The number of hydrogen-bond acceptors (Lipinski definition) is 6. The van der Waals surface area contributed by atoms with Gasteiger partial charge in [-0.3, -0.25) is 15.1 Å². The van der Waals surface area contributed by atoms with Crippen LogP contribution in [0.2, 0.25) is 0 Å². The lowest BCUT2D eigenvalue weighted by Crippen LogP contribution is -2.13. The molecule has 7 heteroatoms. The van der Waals surface area contributed by atoms with Gasteiger partial charge >= 0.3 is 5.97 Å². The third-order valence-electron chi connectivity index (χ3n) is 4.27. The van der Waals surface area contributed by atoms with E-state index in [1.165, 1.54) is 12.1 Å². The molecule has 3 rings (SSSR count). The number of hydrazone groups is 1. The van der Waals surface area contributed by atoms with Crippen LogP contribution in [0.25, 0.3) is 0 Å². The summed E-state index contributed by atoms with van der Waals surface area (Å²) in [5.74, 6) is -0.184. The lowest BCUT2D eigenvalue weighted by molar-refractivity contribution is -0.385. The molecule has 0 bridgehead atoms. The van der Waals surface area contributed by atoms with E-state index < -0.39 is 10.9 Å². The SMILES string of the molecule is CC1=NN(c2ccc(C(=O)Oc3cc(C)c([N+](=O)[O-])cc3C)cc2)CC1. The molecule has 1 aliphatic rings. The normalized spacial score (nSPS) is 13.5. The Labute approximate surface area is 151 Å². The van der Waals surface area contributed by atoms with E-state index in [0.29, 0.717) is 22.4 Å². The van der Waals surface area contributed by atoms with Crippen molar-refractivity contribution in [2.45, 2.75) is 27.2 Å². The highest BCUT2D eigenvalue weighted by atomic mass is 16.6. The third kappa shape index (κ3) is 3.56. The predicted octanol–water partition coefficient (Wildman–Crippen LogP) is 4.02. The summed E-state index contributed by atoms with van der Waals surface area (Å²) in [5.41, 5.74) is 3.39. The number of anilines is 1. The highest BCUT2D eigenvalue weighted by Gasteiger charge is 2.18. The molecular formula is C19H19N3O4. The molecule has 0 radical (unpaired) electrons. The molecular weight excluding hydrogens is 334 g/mol. The van der Waals surface area contributed by atoms with Gasteiger partial charge in [-0.05, 0) is 56.7 Å². The first-order valence-corrected chi connectivity index (χ1v) is 8.24. The van der Waals surface area contributed by atoms with E-state index in [2.05, 4.69) is 5.10 Å². The average Bonchev–Trinajstić information content (AvgIpc) is 3.04. The molecule has 0 atom stereocenters. The molecule has 2 aromatic carbocycles. The number of nitro groups is 1. The molecule has 1 heterocycles. The molecule has 1 aliphatic heterocycles. The molecule has 2 aromatic rings. The molecule has 0 saturated carbocycles. The Hall–Kier alpha value is -3.22. The van der Waals surface area contributed by atoms with Gasteiger partial charge in [-0.1, -0.05) is 0 Å². The van der Waals surface area contributed by atoms with E-state index in [4.69, 9.17) is 4.74 Å². The predicted molar refractivity (Wildman–Crippen MR) is 99.0 cm³/mol. The number of aryl methyl sites for hydroxylation is 2. The molecule has 0 spiro atoms. The molecule has 0 N–H and O–H groups in total. The summed E-state index contributed by atoms with van der Waals surface area (Å²) >= 11 is 0. The molecule has 0 saturated heterocycles. The van der Waals surface area contributed by atoms with Gasteiger partial charge in [-0.25, -0.2) is 4.79 Å². The molecule has 7 nitrogen and oxygen atoms in total. The van der Waals surface area contributed by atoms with Gasteiger partial charge < -0.3 is 4.74 Å². The van der Waals surface area contributed by atoms with Crippen molar-refractivity contribution < 1.29 is 14.5 Å². The number of ether oxygens (including phenoxy) is 1. The Morgan fingerprint density at radius 2 is 1.85 bits per heavy atom. The first-order valence-electron chi connectivity index (χ1n) is 8.24. The summed E-state index contributed by atoms with van der Waals surface area (Å²) in [4.78, 5) is 22.9. The minimum atomic E-state index is -0.506. The lowest BCUT2D eigenvalue weighted by atomic mass is 10.1. The van der Waals surface area contributed by atoms with Crippen LogP contribution in [0.1, 0.15) is 34.8 Å². The Kier molecular flexibility index (Phi) is 4.71. The number of rotatable bonds is 4. The van der Waals surface area contributed by atoms with E-state index >= 15 is 0 Å². The fourth-order valence-corrected chi connectivity index (χ4v) is 2.77. The number of carbonyl (C=O) groups is 1. The fourth-order valence-electron chi connectivity index (χ4n) is 2.77. The van der Waals surface area contributed by atoms with Gasteiger partial charge in [0.25, 0.3) is 5.69 Å². The second-order valence-electron chi connectivity index (χ2n) is 6.31. The molecule has 0 aromatic heterocycles. The first kappa shape index (κ1) is 17.6. The van der Waals surface area contributed by atoms with Gasteiger partial charge in [0.2, 0.25) is 0 Å². The summed E-state index contributed by atoms with van der Waals surface area (Å²) < 4.78 is 5.43. The van der Waals surface area contributed by atoms with Gasteiger partial charge in [0.1, 0.15) is 5.75 Å². The zero-order chi connectivity index (χ0) is 18.8. The van der Waals surface area contributed by atoms with Crippen LogP contribution in [0.15, 0.2) is 41.5 Å². The van der Waals surface area contributed by atoms with Crippen molar-refractivity contribution >= 4 is 23.1 Å². The van der Waals surface area contributed by atoms with Crippen molar-refractivity contribution in [3.63, 3.8) is 0 Å². The van der Waals surface area contributed by atoms with Crippen LogP contribution in [0.4, 0.5) is 11.4 Å².